The van der Waals surface area contributed by atoms with Crippen LogP contribution in [0.5, 0.6) is 28.7 Å². The quantitative estimate of drug-likeness (QED) is 0.194. The Hall–Kier alpha value is -4.53. The number of carbonyl (C=O) groups is 2. The summed E-state index contributed by atoms with van der Waals surface area (Å²) in [6, 6.07) is 15.1. The van der Waals surface area contributed by atoms with Crippen molar-refractivity contribution in [3.63, 3.8) is 0 Å². The Morgan fingerprint density at radius 3 is 2.08 bits per heavy atom. The Morgan fingerprint density at radius 2 is 1.50 bits per heavy atom. The number of hydrazone groups is 1. The van der Waals surface area contributed by atoms with Crippen LogP contribution in [0, 0.1) is 6.92 Å². The first kappa shape index (κ1) is 26.1. The fraction of sp³-hybridized carbons (Fsp3) is 0.222. The molecule has 9 nitrogen and oxygen atoms in total. The van der Waals surface area contributed by atoms with E-state index in [9.17, 15) is 9.59 Å². The van der Waals surface area contributed by atoms with Crippen LogP contribution in [0.3, 0.4) is 0 Å². The molecule has 0 aliphatic heterocycles. The van der Waals surface area contributed by atoms with E-state index in [1.54, 1.807) is 30.3 Å². The van der Waals surface area contributed by atoms with Crippen LogP contribution in [-0.2, 0) is 0 Å². The van der Waals surface area contributed by atoms with Gasteiger partial charge in [0.15, 0.2) is 23.0 Å². The molecule has 3 aromatic rings. The standard InChI is InChI=1S/C27H28N2O7/c1-6-35-22-13-18(16-28-29-26(30)19-10-7-17(2)8-11-19)9-12-21(22)36-27(31)20-14-23(32-3)25(34-5)24(15-20)33-4/h7-16H,6H2,1-5H3,(H,29,30)/b28-16+. The molecule has 188 valence electrons. The van der Waals surface area contributed by atoms with E-state index < -0.39 is 5.97 Å². The lowest BCUT2D eigenvalue weighted by Gasteiger charge is -2.15. The molecule has 0 radical (unpaired) electrons. The van der Waals surface area contributed by atoms with Gasteiger partial charge in [0.25, 0.3) is 5.91 Å². The zero-order valence-corrected chi connectivity index (χ0v) is 20.8. The molecule has 0 bridgehead atoms. The van der Waals surface area contributed by atoms with Crippen LogP contribution < -0.4 is 29.1 Å². The van der Waals surface area contributed by atoms with Gasteiger partial charge in [-0.2, -0.15) is 5.10 Å². The fourth-order valence-electron chi connectivity index (χ4n) is 3.25. The summed E-state index contributed by atoms with van der Waals surface area (Å²) in [6.45, 7) is 4.11. The Morgan fingerprint density at radius 1 is 0.833 bits per heavy atom. The van der Waals surface area contributed by atoms with Gasteiger partial charge in [-0.05, 0) is 61.9 Å². The van der Waals surface area contributed by atoms with E-state index >= 15 is 0 Å². The highest BCUT2D eigenvalue weighted by atomic mass is 16.6. The number of nitrogens with one attached hydrogen (secondary N) is 1. The van der Waals surface area contributed by atoms with E-state index in [2.05, 4.69) is 10.5 Å². The number of carbonyl (C=O) groups excluding carboxylic acids is 2. The minimum absolute atomic E-state index is 0.205. The van der Waals surface area contributed by atoms with Gasteiger partial charge in [0.1, 0.15) is 0 Å². The van der Waals surface area contributed by atoms with Crippen LogP contribution in [-0.4, -0.2) is 46.0 Å². The second-order valence-electron chi connectivity index (χ2n) is 7.51. The average molecular weight is 493 g/mol. The van der Waals surface area contributed by atoms with E-state index in [1.807, 2.05) is 26.0 Å². The first-order valence-electron chi connectivity index (χ1n) is 11.1. The van der Waals surface area contributed by atoms with Gasteiger partial charge in [0.2, 0.25) is 5.75 Å². The SMILES string of the molecule is CCOc1cc(/C=N/NC(=O)c2ccc(C)cc2)ccc1OC(=O)c1cc(OC)c(OC)c(OC)c1. The molecule has 1 amide bonds. The molecule has 9 heteroatoms. The highest BCUT2D eigenvalue weighted by Gasteiger charge is 2.20. The van der Waals surface area contributed by atoms with Gasteiger partial charge in [0.05, 0.1) is 39.7 Å². The summed E-state index contributed by atoms with van der Waals surface area (Å²) < 4.78 is 27.1. The maximum atomic E-state index is 12.9. The molecule has 0 unspecified atom stereocenters. The van der Waals surface area contributed by atoms with Gasteiger partial charge in [-0.3, -0.25) is 4.79 Å². The van der Waals surface area contributed by atoms with Crippen LogP contribution in [0.2, 0.25) is 0 Å². The predicted molar refractivity (Wildman–Crippen MR) is 135 cm³/mol. The second-order valence-corrected chi connectivity index (χ2v) is 7.51. The van der Waals surface area contributed by atoms with Gasteiger partial charge in [0, 0.05) is 5.56 Å². The lowest BCUT2D eigenvalue weighted by molar-refractivity contribution is 0.0727. The van der Waals surface area contributed by atoms with Crippen LogP contribution >= 0.6 is 0 Å². The third-order valence-electron chi connectivity index (χ3n) is 5.06. The fourth-order valence-corrected chi connectivity index (χ4v) is 3.25. The number of hydrogen-bond donors (Lipinski definition) is 1. The number of methoxy groups -OCH3 is 3. The lowest BCUT2D eigenvalue weighted by Crippen LogP contribution is -2.17. The van der Waals surface area contributed by atoms with Crippen molar-refractivity contribution in [3.05, 3.63) is 76.9 Å². The molecule has 0 saturated heterocycles. The van der Waals surface area contributed by atoms with Crippen molar-refractivity contribution < 1.29 is 33.3 Å². The first-order chi connectivity index (χ1) is 17.4. The molecule has 0 spiro atoms. The van der Waals surface area contributed by atoms with E-state index in [1.165, 1.54) is 39.7 Å². The van der Waals surface area contributed by atoms with Crippen LogP contribution in [0.25, 0.3) is 0 Å². The lowest BCUT2D eigenvalue weighted by atomic mass is 10.1. The van der Waals surface area contributed by atoms with Crippen LogP contribution in [0.15, 0.2) is 59.7 Å². The summed E-state index contributed by atoms with van der Waals surface area (Å²) in [7, 11) is 4.40. The molecule has 0 aliphatic rings. The Kier molecular flexibility index (Phi) is 8.88. The monoisotopic (exact) mass is 492 g/mol. The maximum absolute atomic E-state index is 12.9. The largest absolute Gasteiger partial charge is 0.493 e. The predicted octanol–water partition coefficient (Wildman–Crippen LogP) is 4.40. The van der Waals surface area contributed by atoms with Gasteiger partial charge >= 0.3 is 5.97 Å². The van der Waals surface area contributed by atoms with Crippen molar-refractivity contribution >= 4 is 18.1 Å². The summed E-state index contributed by atoms with van der Waals surface area (Å²) in [5.41, 5.74) is 4.89. The molecule has 0 fully saturated rings. The number of rotatable bonds is 10. The topological polar surface area (TPSA) is 105 Å². The molecule has 1 N–H and O–H groups in total. The Labute approximate surface area is 209 Å². The number of aryl methyl sites for hydroxylation is 1. The highest BCUT2D eigenvalue weighted by Crippen LogP contribution is 2.38. The molecule has 0 saturated carbocycles. The van der Waals surface area contributed by atoms with Gasteiger partial charge in [-0.1, -0.05) is 17.7 Å². The molecule has 36 heavy (non-hydrogen) atoms. The number of esters is 1. The van der Waals surface area contributed by atoms with Crippen LogP contribution in [0.4, 0.5) is 0 Å². The van der Waals surface area contributed by atoms with Crippen molar-refractivity contribution in [1.82, 2.24) is 5.43 Å². The first-order valence-corrected chi connectivity index (χ1v) is 11.1. The molecular formula is C27H28N2O7. The Balaban J connectivity index is 1.77. The van der Waals surface area contributed by atoms with E-state index in [0.29, 0.717) is 40.7 Å². The maximum Gasteiger partial charge on any atom is 0.343 e. The molecule has 3 aromatic carbocycles. The number of ether oxygens (including phenoxy) is 5. The van der Waals surface area contributed by atoms with Crippen molar-refractivity contribution in [2.75, 3.05) is 27.9 Å². The molecule has 0 heterocycles. The normalized spacial score (nSPS) is 10.6. The average Bonchev–Trinajstić information content (AvgIpc) is 2.89. The van der Waals surface area contributed by atoms with Crippen molar-refractivity contribution in [1.29, 1.82) is 0 Å². The molecule has 0 aromatic heterocycles. The van der Waals surface area contributed by atoms with Gasteiger partial charge < -0.3 is 23.7 Å². The summed E-state index contributed by atoms with van der Waals surface area (Å²) in [5, 5.41) is 4.01. The highest BCUT2D eigenvalue weighted by molar-refractivity contribution is 5.95. The van der Waals surface area contributed by atoms with E-state index in [-0.39, 0.29) is 17.2 Å². The second kappa shape index (κ2) is 12.3. The molecule has 0 aliphatic carbocycles. The van der Waals surface area contributed by atoms with Crippen molar-refractivity contribution in [2.45, 2.75) is 13.8 Å². The summed E-state index contributed by atoms with van der Waals surface area (Å²) in [4.78, 5) is 25.1. The molecule has 3 rings (SSSR count). The zero-order valence-electron chi connectivity index (χ0n) is 20.8. The smallest absolute Gasteiger partial charge is 0.343 e. The number of hydrogen-bond acceptors (Lipinski definition) is 8. The third-order valence-corrected chi connectivity index (χ3v) is 5.06. The summed E-state index contributed by atoms with van der Waals surface area (Å²) >= 11 is 0. The minimum atomic E-state index is -0.637. The summed E-state index contributed by atoms with van der Waals surface area (Å²) in [6.07, 6.45) is 1.47. The van der Waals surface area contributed by atoms with Crippen LogP contribution in [0.1, 0.15) is 38.8 Å². The minimum Gasteiger partial charge on any atom is -0.493 e. The zero-order chi connectivity index (χ0) is 26.1. The van der Waals surface area contributed by atoms with Gasteiger partial charge in [-0.25, -0.2) is 10.2 Å². The van der Waals surface area contributed by atoms with E-state index in [0.717, 1.165) is 5.56 Å². The van der Waals surface area contributed by atoms with Crippen molar-refractivity contribution in [2.24, 2.45) is 5.10 Å². The summed E-state index contributed by atoms with van der Waals surface area (Å²) in [5.74, 6) is 0.614. The molecule has 0 atom stereocenters. The van der Waals surface area contributed by atoms with Crippen molar-refractivity contribution in [3.8, 4) is 28.7 Å². The number of amides is 1. The van der Waals surface area contributed by atoms with E-state index in [4.69, 9.17) is 23.7 Å². The third kappa shape index (κ3) is 6.32. The number of benzene rings is 3. The molecular weight excluding hydrogens is 464 g/mol. The Bertz CT molecular complexity index is 1230. The van der Waals surface area contributed by atoms with Gasteiger partial charge in [-0.15, -0.1) is 0 Å². The number of nitrogens with zero attached hydrogens (tertiary/aromatic N) is 1.